The number of ether oxygens (including phenoxy) is 1. The van der Waals surface area contributed by atoms with E-state index in [4.69, 9.17) is 4.74 Å². The Morgan fingerprint density at radius 3 is 2.45 bits per heavy atom. The molecule has 0 aliphatic heterocycles. The Balaban J connectivity index is 0. The van der Waals surface area contributed by atoms with Crippen molar-refractivity contribution in [2.75, 3.05) is 6.61 Å². The average molecular weight is 346 g/mol. The summed E-state index contributed by atoms with van der Waals surface area (Å²) in [6.07, 6.45) is 11.0. The van der Waals surface area contributed by atoms with Crippen molar-refractivity contribution in [3.05, 3.63) is 59.7 Å². The minimum atomic E-state index is 0. The van der Waals surface area contributed by atoms with Crippen molar-refractivity contribution in [2.45, 2.75) is 32.3 Å². The molecule has 0 spiro atoms. The molecule has 107 valence electrons. The van der Waals surface area contributed by atoms with Crippen LogP contribution < -0.4 is 24.8 Å². The first-order valence-electron chi connectivity index (χ1n) is 6.33. The van der Waals surface area contributed by atoms with Crippen molar-refractivity contribution in [3.63, 3.8) is 0 Å². The van der Waals surface area contributed by atoms with Gasteiger partial charge in [0.15, 0.2) is 0 Å². The van der Waals surface area contributed by atoms with Gasteiger partial charge in [-0.2, -0.15) is 6.08 Å². The molecule has 0 saturated heterocycles. The second kappa shape index (κ2) is 12.7. The van der Waals surface area contributed by atoms with Gasteiger partial charge in [-0.15, -0.1) is 6.42 Å². The van der Waals surface area contributed by atoms with Crippen LogP contribution in [0.4, 0.5) is 0 Å². The molecule has 0 bridgehead atoms. The van der Waals surface area contributed by atoms with Crippen LogP contribution in [0.5, 0.6) is 0 Å². The quantitative estimate of drug-likeness (QED) is 0.438. The second-order valence-electron chi connectivity index (χ2n) is 4.20. The van der Waals surface area contributed by atoms with Gasteiger partial charge in [0.25, 0.3) is 0 Å². The van der Waals surface area contributed by atoms with Gasteiger partial charge in [-0.3, -0.25) is 6.08 Å². The summed E-state index contributed by atoms with van der Waals surface area (Å²) in [4.78, 5) is 0. The maximum absolute atomic E-state index is 5.82. The molecule has 1 aliphatic carbocycles. The van der Waals surface area contributed by atoms with Crippen LogP contribution in [0.25, 0.3) is 0 Å². The molecule has 1 radical (unpaired) electrons. The monoisotopic (exact) mass is 345 g/mol. The third kappa shape index (κ3) is 7.10. The van der Waals surface area contributed by atoms with Crippen molar-refractivity contribution in [1.82, 2.24) is 0 Å². The van der Waals surface area contributed by atoms with E-state index in [1.165, 1.54) is 11.1 Å². The van der Waals surface area contributed by atoms with Gasteiger partial charge < -0.3 is 29.6 Å². The molecule has 1 aromatic rings. The van der Waals surface area contributed by atoms with Crippen LogP contribution in [0.2, 0.25) is 0 Å². The largest absolute Gasteiger partial charge is 3.00 e. The van der Waals surface area contributed by atoms with Gasteiger partial charge in [0.2, 0.25) is 0 Å². The van der Waals surface area contributed by atoms with Gasteiger partial charge in [-0.1, -0.05) is 36.8 Å². The Morgan fingerprint density at radius 1 is 1.20 bits per heavy atom. The maximum atomic E-state index is 5.82. The minimum absolute atomic E-state index is 0. The summed E-state index contributed by atoms with van der Waals surface area (Å²) < 4.78 is 5.82. The molecule has 1 aliphatic rings. The van der Waals surface area contributed by atoms with Gasteiger partial charge in [0, 0.05) is 6.61 Å². The zero-order valence-corrected chi connectivity index (χ0v) is 14.7. The molecule has 0 N–H and O–H groups in total. The molecular weight excluding hydrogens is 327 g/mol. The third-order valence-electron chi connectivity index (χ3n) is 2.98. The van der Waals surface area contributed by atoms with Crippen molar-refractivity contribution >= 4 is 0 Å². The van der Waals surface area contributed by atoms with E-state index in [2.05, 4.69) is 49.4 Å². The second-order valence-corrected chi connectivity index (χ2v) is 4.20. The van der Waals surface area contributed by atoms with E-state index >= 15 is 0 Å². The van der Waals surface area contributed by atoms with E-state index in [1.807, 2.05) is 6.07 Å². The zero-order chi connectivity index (χ0) is 11.9. The van der Waals surface area contributed by atoms with Crippen LogP contribution in [0.15, 0.2) is 48.1 Å². The molecule has 1 unspecified atom stereocenters. The summed E-state index contributed by atoms with van der Waals surface area (Å²) in [5, 5.41) is 0. The van der Waals surface area contributed by atoms with Crippen LogP contribution in [-0.4, -0.2) is 6.61 Å². The Hall–Kier alpha value is -0.0457. The third-order valence-corrected chi connectivity index (χ3v) is 2.98. The van der Waals surface area contributed by atoms with E-state index in [-0.39, 0.29) is 52.6 Å². The topological polar surface area (TPSA) is 9.23 Å². The van der Waals surface area contributed by atoms with Crippen molar-refractivity contribution < 1.29 is 51.3 Å². The van der Waals surface area contributed by atoms with E-state index in [0.717, 1.165) is 25.9 Å². The van der Waals surface area contributed by atoms with Crippen LogP contribution in [-0.2, 0) is 26.5 Å². The Kier molecular flexibility index (Phi) is 14.1. The fourth-order valence-corrected chi connectivity index (χ4v) is 2.12. The summed E-state index contributed by atoms with van der Waals surface area (Å²) in [6, 6.07) is 10.5. The smallest absolute Gasteiger partial charge is 1.00 e. The summed E-state index contributed by atoms with van der Waals surface area (Å²) in [5.41, 5.74) is 2.60. The van der Waals surface area contributed by atoms with Crippen LogP contribution in [0.3, 0.4) is 0 Å². The van der Waals surface area contributed by atoms with Crippen LogP contribution in [0, 0.1) is 6.08 Å². The molecule has 1 nitrogen and oxygen atoms in total. The molecule has 0 saturated carbocycles. The SMILES string of the molecule is CCOC(CCC1=[C-]CC=C1)c1ccccc1.[Cl-].[Cl-].[Ti+3]. The summed E-state index contributed by atoms with van der Waals surface area (Å²) in [6.45, 7) is 2.81. The molecule has 1 aromatic carbocycles. The first kappa shape index (κ1) is 22.2. The van der Waals surface area contributed by atoms with Gasteiger partial charge in [-0.05, 0) is 18.9 Å². The number of rotatable bonds is 6. The van der Waals surface area contributed by atoms with Gasteiger partial charge in [-0.25, -0.2) is 11.6 Å². The minimum Gasteiger partial charge on any atom is -1.00 e. The number of benzene rings is 1. The number of allylic oxidation sites excluding steroid dienone is 4. The molecular formula is C16H19Cl2OTi. The van der Waals surface area contributed by atoms with E-state index in [1.54, 1.807) is 0 Å². The molecule has 4 heteroatoms. The van der Waals surface area contributed by atoms with E-state index in [0.29, 0.717) is 0 Å². The Bertz CT molecular complexity index is 404. The van der Waals surface area contributed by atoms with E-state index < -0.39 is 0 Å². The molecule has 2 rings (SSSR count). The predicted octanol–water partition coefficient (Wildman–Crippen LogP) is -1.76. The van der Waals surface area contributed by atoms with Crippen LogP contribution >= 0.6 is 0 Å². The van der Waals surface area contributed by atoms with Gasteiger partial charge in [0.05, 0.1) is 6.10 Å². The van der Waals surface area contributed by atoms with Crippen molar-refractivity contribution in [2.24, 2.45) is 0 Å². The van der Waals surface area contributed by atoms with Crippen LogP contribution in [0.1, 0.15) is 37.9 Å². The van der Waals surface area contributed by atoms with Gasteiger partial charge >= 0.3 is 21.7 Å². The Morgan fingerprint density at radius 2 is 1.90 bits per heavy atom. The van der Waals surface area contributed by atoms with Crippen molar-refractivity contribution in [3.8, 4) is 0 Å². The first-order valence-corrected chi connectivity index (χ1v) is 6.33. The number of hydrogen-bond acceptors (Lipinski definition) is 1. The number of halogens is 2. The molecule has 0 aromatic heterocycles. The molecule has 20 heavy (non-hydrogen) atoms. The molecule has 0 amide bonds. The fraction of sp³-hybridized carbons (Fsp3) is 0.375. The standard InChI is InChI=1S/C16H19O.2ClH.Ti/c1-2-17-16(15-10-4-3-5-11-15)13-12-14-8-6-7-9-14;;;/h3-6,8,10-11,16H,2,7,12-13H2,1H3;2*1H;/q-1;;;+3/p-2. The summed E-state index contributed by atoms with van der Waals surface area (Å²) in [5.74, 6) is 0. The Labute approximate surface area is 149 Å². The fourth-order valence-electron chi connectivity index (χ4n) is 2.12. The zero-order valence-electron chi connectivity index (χ0n) is 11.6. The molecule has 1 atom stereocenters. The molecule has 0 fully saturated rings. The normalized spacial score (nSPS) is 13.6. The molecule has 0 heterocycles. The summed E-state index contributed by atoms with van der Waals surface area (Å²) >= 11 is 0. The van der Waals surface area contributed by atoms with Crippen molar-refractivity contribution in [1.29, 1.82) is 0 Å². The number of hydrogen-bond donors (Lipinski definition) is 0. The average Bonchev–Trinajstić information content (AvgIpc) is 2.88. The van der Waals surface area contributed by atoms with E-state index in [9.17, 15) is 0 Å². The first-order chi connectivity index (χ1) is 8.40. The summed E-state index contributed by atoms with van der Waals surface area (Å²) in [7, 11) is 0. The maximum Gasteiger partial charge on any atom is 3.00 e. The predicted molar refractivity (Wildman–Crippen MR) is 70.6 cm³/mol. The van der Waals surface area contributed by atoms with Gasteiger partial charge in [0.1, 0.15) is 0 Å².